The molecule has 1 aliphatic rings. The zero-order chi connectivity index (χ0) is 14.1. The first-order valence-electron chi connectivity index (χ1n) is 6.51. The van der Waals surface area contributed by atoms with Crippen LogP contribution in [-0.2, 0) is 19.9 Å². The molecule has 1 aromatic heterocycles. The lowest BCUT2D eigenvalue weighted by Gasteiger charge is -2.10. The maximum Gasteiger partial charge on any atom is 0.324 e. The summed E-state index contributed by atoms with van der Waals surface area (Å²) in [6.07, 6.45) is 5.17. The highest BCUT2D eigenvalue weighted by Crippen LogP contribution is 2.31. The minimum atomic E-state index is -0.289. The summed E-state index contributed by atoms with van der Waals surface area (Å²) in [5.41, 5.74) is 3.48. The molecule has 104 valence electrons. The third-order valence-corrected chi connectivity index (χ3v) is 4.04. The number of benzene rings is 1. The fourth-order valence-electron chi connectivity index (χ4n) is 2.44. The molecule has 2 amide bonds. The Balaban J connectivity index is 1.73. The van der Waals surface area contributed by atoms with Crippen molar-refractivity contribution in [2.24, 2.45) is 7.05 Å². The van der Waals surface area contributed by atoms with Crippen LogP contribution in [0, 0.1) is 0 Å². The van der Waals surface area contributed by atoms with Gasteiger partial charge in [-0.1, -0.05) is 0 Å². The molecule has 0 unspecified atom stereocenters. The Hall–Kier alpha value is -1.82. The van der Waals surface area contributed by atoms with Crippen LogP contribution in [0.3, 0.4) is 0 Å². The molecule has 0 saturated heterocycles. The maximum absolute atomic E-state index is 12.0. The second-order valence-corrected chi connectivity index (χ2v) is 5.76. The van der Waals surface area contributed by atoms with Crippen LogP contribution in [0.15, 0.2) is 28.9 Å². The van der Waals surface area contributed by atoms with Crippen molar-refractivity contribution >= 4 is 33.5 Å². The van der Waals surface area contributed by atoms with Crippen molar-refractivity contribution in [3.8, 4) is 0 Å². The molecule has 0 aliphatic heterocycles. The molecule has 0 radical (unpaired) electrons. The van der Waals surface area contributed by atoms with E-state index in [1.807, 2.05) is 6.07 Å². The van der Waals surface area contributed by atoms with Crippen LogP contribution in [0.25, 0.3) is 0 Å². The van der Waals surface area contributed by atoms with Crippen LogP contribution in [-0.4, -0.2) is 15.8 Å². The third kappa shape index (κ3) is 2.70. The van der Waals surface area contributed by atoms with E-state index in [4.69, 9.17) is 0 Å². The Morgan fingerprint density at radius 2 is 2.05 bits per heavy atom. The number of nitrogens with zero attached hydrogens (tertiary/aromatic N) is 2. The first-order valence-corrected chi connectivity index (χ1v) is 7.30. The van der Waals surface area contributed by atoms with Crippen molar-refractivity contribution in [1.82, 2.24) is 9.78 Å². The highest BCUT2D eigenvalue weighted by molar-refractivity contribution is 9.10. The lowest BCUT2D eigenvalue weighted by atomic mass is 10.1. The van der Waals surface area contributed by atoms with Gasteiger partial charge in [-0.25, -0.2) is 4.79 Å². The number of fused-ring (bicyclic) bond motifs is 1. The largest absolute Gasteiger partial charge is 0.324 e. The topological polar surface area (TPSA) is 59.0 Å². The number of hydrogen-bond acceptors (Lipinski definition) is 2. The molecule has 6 heteroatoms. The molecule has 5 nitrogen and oxygen atoms in total. The van der Waals surface area contributed by atoms with Gasteiger partial charge in [0, 0.05) is 23.8 Å². The fourth-order valence-corrected chi connectivity index (χ4v) is 2.93. The Morgan fingerprint density at radius 1 is 1.30 bits per heavy atom. The summed E-state index contributed by atoms with van der Waals surface area (Å²) >= 11 is 3.51. The van der Waals surface area contributed by atoms with Gasteiger partial charge in [-0.2, -0.15) is 5.10 Å². The monoisotopic (exact) mass is 334 g/mol. The third-order valence-electron chi connectivity index (χ3n) is 3.38. The summed E-state index contributed by atoms with van der Waals surface area (Å²) in [6, 6.07) is 5.60. The van der Waals surface area contributed by atoms with Gasteiger partial charge >= 0.3 is 6.03 Å². The number of nitrogens with one attached hydrogen (secondary N) is 2. The van der Waals surface area contributed by atoms with Crippen molar-refractivity contribution in [1.29, 1.82) is 0 Å². The summed E-state index contributed by atoms with van der Waals surface area (Å²) in [4.78, 5) is 12.0. The SMILES string of the molecule is Cn1ccc(NC(=O)Nc2cc3c(cc2Br)CCC3)n1. The average molecular weight is 335 g/mol. The van der Waals surface area contributed by atoms with Crippen molar-refractivity contribution < 1.29 is 4.79 Å². The van der Waals surface area contributed by atoms with Crippen molar-refractivity contribution in [2.45, 2.75) is 19.3 Å². The van der Waals surface area contributed by atoms with E-state index in [9.17, 15) is 4.79 Å². The molecular formula is C14H15BrN4O. The molecule has 1 aromatic carbocycles. The molecular weight excluding hydrogens is 320 g/mol. The molecule has 0 atom stereocenters. The van der Waals surface area contributed by atoms with E-state index < -0.39 is 0 Å². The molecule has 0 spiro atoms. The van der Waals surface area contributed by atoms with E-state index in [0.29, 0.717) is 5.82 Å². The number of carbonyl (C=O) groups is 1. The summed E-state index contributed by atoms with van der Waals surface area (Å²) in [5.74, 6) is 0.530. The number of urea groups is 1. The Morgan fingerprint density at radius 3 is 2.75 bits per heavy atom. The van der Waals surface area contributed by atoms with E-state index in [-0.39, 0.29) is 6.03 Å². The molecule has 0 fully saturated rings. The Bertz CT molecular complexity index is 665. The maximum atomic E-state index is 12.0. The van der Waals surface area contributed by atoms with Crippen molar-refractivity contribution in [3.05, 3.63) is 40.0 Å². The molecule has 0 saturated carbocycles. The number of amides is 2. The zero-order valence-corrected chi connectivity index (χ0v) is 12.7. The highest BCUT2D eigenvalue weighted by Gasteiger charge is 2.15. The minimum absolute atomic E-state index is 0.289. The van der Waals surface area contributed by atoms with Crippen LogP contribution in [0.5, 0.6) is 0 Å². The van der Waals surface area contributed by atoms with Crippen LogP contribution in [0.4, 0.5) is 16.3 Å². The molecule has 0 bridgehead atoms. The van der Waals surface area contributed by atoms with Crippen LogP contribution < -0.4 is 10.6 Å². The summed E-state index contributed by atoms with van der Waals surface area (Å²) in [5, 5.41) is 9.66. The summed E-state index contributed by atoms with van der Waals surface area (Å²) < 4.78 is 2.55. The van der Waals surface area contributed by atoms with Gasteiger partial charge in [0.05, 0.1) is 5.69 Å². The number of anilines is 2. The van der Waals surface area contributed by atoms with Crippen LogP contribution in [0.1, 0.15) is 17.5 Å². The number of halogens is 1. The van der Waals surface area contributed by atoms with Gasteiger partial charge in [0.2, 0.25) is 0 Å². The van der Waals surface area contributed by atoms with Gasteiger partial charge in [0.15, 0.2) is 5.82 Å². The lowest BCUT2D eigenvalue weighted by molar-refractivity contribution is 0.262. The lowest BCUT2D eigenvalue weighted by Crippen LogP contribution is -2.20. The number of aryl methyl sites for hydroxylation is 3. The fraction of sp³-hybridized carbons (Fsp3) is 0.286. The smallest absolute Gasteiger partial charge is 0.307 e. The number of carbonyl (C=O) groups excluding carboxylic acids is 1. The zero-order valence-electron chi connectivity index (χ0n) is 11.1. The standard InChI is InChI=1S/C14H15BrN4O/c1-19-6-5-13(18-19)17-14(20)16-12-8-10-4-2-3-9(10)7-11(12)15/h5-8H,2-4H2,1H3,(H2,16,17,18,20). The van der Waals surface area contributed by atoms with E-state index in [1.54, 1.807) is 24.0 Å². The quantitative estimate of drug-likeness (QED) is 0.885. The van der Waals surface area contributed by atoms with Crippen LogP contribution in [0.2, 0.25) is 0 Å². The van der Waals surface area contributed by atoms with Crippen molar-refractivity contribution in [3.63, 3.8) is 0 Å². The normalized spacial score (nSPS) is 13.1. The molecule has 20 heavy (non-hydrogen) atoms. The van der Waals surface area contributed by atoms with E-state index >= 15 is 0 Å². The van der Waals surface area contributed by atoms with Gasteiger partial charge in [0.25, 0.3) is 0 Å². The van der Waals surface area contributed by atoms with Gasteiger partial charge in [-0.05, 0) is 58.5 Å². The highest BCUT2D eigenvalue weighted by atomic mass is 79.9. The second kappa shape index (κ2) is 5.28. The van der Waals surface area contributed by atoms with E-state index in [1.165, 1.54) is 17.5 Å². The van der Waals surface area contributed by atoms with Crippen molar-refractivity contribution in [2.75, 3.05) is 10.6 Å². The van der Waals surface area contributed by atoms with Gasteiger partial charge < -0.3 is 5.32 Å². The second-order valence-electron chi connectivity index (χ2n) is 4.91. The first kappa shape index (κ1) is 13.2. The summed E-state index contributed by atoms with van der Waals surface area (Å²) in [6.45, 7) is 0. The number of aromatic nitrogens is 2. The predicted molar refractivity (Wildman–Crippen MR) is 82.0 cm³/mol. The predicted octanol–water partition coefficient (Wildman–Crippen LogP) is 3.32. The Labute approximate surface area is 125 Å². The average Bonchev–Trinajstić information content (AvgIpc) is 2.98. The number of hydrogen-bond donors (Lipinski definition) is 2. The molecule has 2 N–H and O–H groups in total. The van der Waals surface area contributed by atoms with E-state index in [0.717, 1.165) is 23.0 Å². The molecule has 1 heterocycles. The number of rotatable bonds is 2. The first-order chi connectivity index (χ1) is 9.61. The molecule has 2 aromatic rings. The van der Waals surface area contributed by atoms with Gasteiger partial charge in [-0.3, -0.25) is 10.00 Å². The molecule has 1 aliphatic carbocycles. The van der Waals surface area contributed by atoms with Gasteiger partial charge in [-0.15, -0.1) is 0 Å². The minimum Gasteiger partial charge on any atom is -0.307 e. The van der Waals surface area contributed by atoms with E-state index in [2.05, 4.69) is 37.7 Å². The summed E-state index contributed by atoms with van der Waals surface area (Å²) in [7, 11) is 1.81. The molecule has 3 rings (SSSR count). The van der Waals surface area contributed by atoms with Gasteiger partial charge in [0.1, 0.15) is 0 Å². The Kier molecular flexibility index (Phi) is 3.48. The van der Waals surface area contributed by atoms with Crippen LogP contribution >= 0.6 is 15.9 Å².